The largest absolute Gasteiger partial charge is 0.483 e. The molecule has 1 atom stereocenters. The van der Waals surface area contributed by atoms with Crippen molar-refractivity contribution in [2.75, 3.05) is 13.2 Å². The summed E-state index contributed by atoms with van der Waals surface area (Å²) < 4.78 is 5.73. The molecular formula is C17H26N2O2. The first-order valence-electron chi connectivity index (χ1n) is 7.74. The summed E-state index contributed by atoms with van der Waals surface area (Å²) in [5.41, 5.74) is 7.96. The Morgan fingerprint density at radius 1 is 1.43 bits per heavy atom. The summed E-state index contributed by atoms with van der Waals surface area (Å²) in [4.78, 5) is 12.0. The van der Waals surface area contributed by atoms with Crippen molar-refractivity contribution < 1.29 is 9.53 Å². The van der Waals surface area contributed by atoms with Crippen LogP contribution in [0.5, 0.6) is 5.75 Å². The number of carbonyl (C=O) groups excluding carboxylic acids is 1. The molecule has 0 aliphatic heterocycles. The standard InChI is InChI=1S/C17H26N2O2/c1-11(2)14-7-4-12(3)8-16(14)21-10-17(20)19-15(9-18)13-5-6-13/h4,7-8,11,13,15H,5-6,9-10,18H2,1-3H3,(H,19,20). The van der Waals surface area contributed by atoms with Crippen LogP contribution in [0.25, 0.3) is 0 Å². The lowest BCUT2D eigenvalue weighted by Gasteiger charge is -2.18. The highest BCUT2D eigenvalue weighted by Gasteiger charge is 2.31. The van der Waals surface area contributed by atoms with Crippen LogP contribution in [0.1, 0.15) is 43.7 Å². The molecule has 2 rings (SSSR count). The van der Waals surface area contributed by atoms with E-state index in [-0.39, 0.29) is 18.6 Å². The summed E-state index contributed by atoms with van der Waals surface area (Å²) in [5, 5.41) is 2.97. The van der Waals surface area contributed by atoms with E-state index in [4.69, 9.17) is 10.5 Å². The molecule has 1 aromatic carbocycles. The SMILES string of the molecule is Cc1ccc(C(C)C)c(OCC(=O)NC(CN)C2CC2)c1. The molecule has 1 aliphatic carbocycles. The molecule has 0 bridgehead atoms. The zero-order valence-corrected chi connectivity index (χ0v) is 13.2. The van der Waals surface area contributed by atoms with Crippen LogP contribution in [0.2, 0.25) is 0 Å². The van der Waals surface area contributed by atoms with Gasteiger partial charge < -0.3 is 15.8 Å². The summed E-state index contributed by atoms with van der Waals surface area (Å²) in [6, 6.07) is 6.23. The molecule has 0 aromatic heterocycles. The fourth-order valence-corrected chi connectivity index (χ4v) is 2.50. The minimum absolute atomic E-state index is 0.0480. The molecular weight excluding hydrogens is 264 g/mol. The van der Waals surface area contributed by atoms with E-state index in [0.29, 0.717) is 18.4 Å². The van der Waals surface area contributed by atoms with Crippen LogP contribution in [-0.4, -0.2) is 25.1 Å². The number of rotatable bonds is 7. The van der Waals surface area contributed by atoms with Crippen LogP contribution < -0.4 is 15.8 Å². The Hall–Kier alpha value is -1.55. The van der Waals surface area contributed by atoms with Crippen molar-refractivity contribution in [3.63, 3.8) is 0 Å². The fraction of sp³-hybridized carbons (Fsp3) is 0.588. The third-order valence-corrected chi connectivity index (χ3v) is 3.94. The van der Waals surface area contributed by atoms with Crippen LogP contribution in [0.15, 0.2) is 18.2 Å². The molecule has 1 aromatic rings. The maximum atomic E-state index is 12.0. The first kappa shape index (κ1) is 15.8. The molecule has 1 unspecified atom stereocenters. The predicted molar refractivity (Wildman–Crippen MR) is 84.5 cm³/mol. The molecule has 4 heteroatoms. The van der Waals surface area contributed by atoms with Gasteiger partial charge in [0.2, 0.25) is 0 Å². The van der Waals surface area contributed by atoms with Crippen molar-refractivity contribution in [1.29, 1.82) is 0 Å². The van der Waals surface area contributed by atoms with E-state index >= 15 is 0 Å². The summed E-state index contributed by atoms with van der Waals surface area (Å²) >= 11 is 0. The van der Waals surface area contributed by atoms with E-state index in [1.165, 1.54) is 12.8 Å². The normalized spacial score (nSPS) is 15.9. The van der Waals surface area contributed by atoms with Crippen molar-refractivity contribution in [3.05, 3.63) is 29.3 Å². The predicted octanol–water partition coefficient (Wildman–Crippen LogP) is 2.35. The van der Waals surface area contributed by atoms with Gasteiger partial charge in [-0.1, -0.05) is 26.0 Å². The lowest BCUT2D eigenvalue weighted by atomic mass is 10.0. The lowest BCUT2D eigenvalue weighted by Crippen LogP contribution is -2.43. The van der Waals surface area contributed by atoms with Gasteiger partial charge in [0.05, 0.1) is 0 Å². The zero-order chi connectivity index (χ0) is 15.4. The topological polar surface area (TPSA) is 64.3 Å². The minimum atomic E-state index is -0.0893. The van der Waals surface area contributed by atoms with Gasteiger partial charge >= 0.3 is 0 Å². The monoisotopic (exact) mass is 290 g/mol. The molecule has 116 valence electrons. The van der Waals surface area contributed by atoms with Crippen molar-refractivity contribution >= 4 is 5.91 Å². The minimum Gasteiger partial charge on any atom is -0.483 e. The summed E-state index contributed by atoms with van der Waals surface area (Å²) in [6.45, 7) is 6.81. The Kier molecular flexibility index (Phi) is 5.23. The Balaban J connectivity index is 1.92. The number of hydrogen-bond donors (Lipinski definition) is 2. The van der Waals surface area contributed by atoms with Gasteiger partial charge in [-0.25, -0.2) is 0 Å². The van der Waals surface area contributed by atoms with Gasteiger partial charge in [0.15, 0.2) is 6.61 Å². The zero-order valence-electron chi connectivity index (χ0n) is 13.2. The Labute approximate surface area is 127 Å². The van der Waals surface area contributed by atoms with Gasteiger partial charge in [-0.3, -0.25) is 4.79 Å². The molecule has 21 heavy (non-hydrogen) atoms. The summed E-state index contributed by atoms with van der Waals surface area (Å²) in [5.74, 6) is 1.64. The average Bonchev–Trinajstić information content (AvgIpc) is 3.26. The number of ether oxygens (including phenoxy) is 1. The van der Waals surface area contributed by atoms with Crippen LogP contribution in [-0.2, 0) is 4.79 Å². The van der Waals surface area contributed by atoms with Gasteiger partial charge in [-0.2, -0.15) is 0 Å². The highest BCUT2D eigenvalue weighted by atomic mass is 16.5. The quantitative estimate of drug-likeness (QED) is 0.810. The molecule has 0 spiro atoms. The molecule has 1 fully saturated rings. The van der Waals surface area contributed by atoms with E-state index in [9.17, 15) is 4.79 Å². The molecule has 1 amide bonds. The Bertz CT molecular complexity index is 496. The van der Waals surface area contributed by atoms with Crippen molar-refractivity contribution in [2.24, 2.45) is 11.7 Å². The Morgan fingerprint density at radius 2 is 2.14 bits per heavy atom. The number of hydrogen-bond acceptors (Lipinski definition) is 3. The molecule has 3 N–H and O–H groups in total. The number of carbonyl (C=O) groups is 1. The second kappa shape index (κ2) is 6.94. The van der Waals surface area contributed by atoms with E-state index in [2.05, 4.69) is 31.3 Å². The van der Waals surface area contributed by atoms with Gasteiger partial charge in [-0.15, -0.1) is 0 Å². The van der Waals surface area contributed by atoms with E-state index < -0.39 is 0 Å². The highest BCUT2D eigenvalue weighted by Crippen LogP contribution is 2.32. The summed E-state index contributed by atoms with van der Waals surface area (Å²) in [7, 11) is 0. The highest BCUT2D eigenvalue weighted by molar-refractivity contribution is 5.78. The number of nitrogens with one attached hydrogen (secondary N) is 1. The van der Waals surface area contributed by atoms with Gasteiger partial charge in [0.1, 0.15) is 5.75 Å². The van der Waals surface area contributed by atoms with Gasteiger partial charge in [0, 0.05) is 12.6 Å². The second-order valence-corrected chi connectivity index (χ2v) is 6.23. The van der Waals surface area contributed by atoms with Crippen molar-refractivity contribution in [1.82, 2.24) is 5.32 Å². The van der Waals surface area contributed by atoms with Crippen molar-refractivity contribution in [3.8, 4) is 5.75 Å². The maximum Gasteiger partial charge on any atom is 0.258 e. The molecule has 1 aliphatic rings. The molecule has 1 saturated carbocycles. The number of amides is 1. The first-order chi connectivity index (χ1) is 10.0. The number of aryl methyl sites for hydroxylation is 1. The van der Waals surface area contributed by atoms with Crippen LogP contribution in [0.3, 0.4) is 0 Å². The van der Waals surface area contributed by atoms with Crippen LogP contribution in [0.4, 0.5) is 0 Å². The van der Waals surface area contributed by atoms with E-state index in [0.717, 1.165) is 16.9 Å². The van der Waals surface area contributed by atoms with Crippen LogP contribution in [0, 0.1) is 12.8 Å². The third-order valence-electron chi connectivity index (χ3n) is 3.94. The van der Waals surface area contributed by atoms with E-state index in [1.807, 2.05) is 13.0 Å². The summed E-state index contributed by atoms with van der Waals surface area (Å²) in [6.07, 6.45) is 2.33. The fourth-order valence-electron chi connectivity index (χ4n) is 2.50. The maximum absolute atomic E-state index is 12.0. The molecule has 0 saturated heterocycles. The molecule has 4 nitrogen and oxygen atoms in total. The van der Waals surface area contributed by atoms with E-state index in [1.54, 1.807) is 0 Å². The smallest absolute Gasteiger partial charge is 0.258 e. The lowest BCUT2D eigenvalue weighted by molar-refractivity contribution is -0.123. The van der Waals surface area contributed by atoms with Crippen LogP contribution >= 0.6 is 0 Å². The average molecular weight is 290 g/mol. The second-order valence-electron chi connectivity index (χ2n) is 6.23. The molecule has 0 heterocycles. The van der Waals surface area contributed by atoms with Gasteiger partial charge in [0.25, 0.3) is 5.91 Å². The first-order valence-corrected chi connectivity index (χ1v) is 7.74. The third kappa shape index (κ3) is 4.46. The number of nitrogens with two attached hydrogens (primary N) is 1. The van der Waals surface area contributed by atoms with Gasteiger partial charge in [-0.05, 0) is 48.8 Å². The molecule has 0 radical (unpaired) electrons. The Morgan fingerprint density at radius 3 is 2.71 bits per heavy atom. The number of benzene rings is 1. The van der Waals surface area contributed by atoms with Crippen molar-refractivity contribution in [2.45, 2.75) is 45.6 Å².